The molecule has 2 aliphatic carbocycles. The van der Waals surface area contributed by atoms with Crippen molar-refractivity contribution >= 4 is 18.5 Å². The van der Waals surface area contributed by atoms with Gasteiger partial charge in [-0.3, -0.25) is 0 Å². The first kappa shape index (κ1) is 29.5. The van der Waals surface area contributed by atoms with Crippen molar-refractivity contribution in [3.05, 3.63) is 124 Å². The molecule has 2 fully saturated rings. The quantitative estimate of drug-likeness (QED) is 0.242. The van der Waals surface area contributed by atoms with E-state index in [2.05, 4.69) is 92.2 Å². The first-order valence-electron chi connectivity index (χ1n) is 12.1. The summed E-state index contributed by atoms with van der Waals surface area (Å²) in [7, 11) is -0.543. The molecular formula is C30H37FeN2P+2. The van der Waals surface area contributed by atoms with E-state index in [-0.39, 0.29) is 17.1 Å². The standard InChI is InChI=1S/C25H32N2P.C5H5.Fe/c1-21(27-20-11-3-2-10-19-26)24-17-12-18-25(24)28(22-13-6-4-7-14-22)23-15-8-5-9-16-23;1-2-4-5-3-1;/h4-9,12-18,21,27H,2-3,10-11,19-20,26H2,1H3;1-5H;/q;;+2/t21-;;/m0../s1. The van der Waals surface area contributed by atoms with Crippen LogP contribution in [0.1, 0.15) is 32.6 Å². The Morgan fingerprint density at radius 2 is 1.24 bits per heavy atom. The van der Waals surface area contributed by atoms with Crippen molar-refractivity contribution in [3.63, 3.8) is 0 Å². The second kappa shape index (κ2) is 17.7. The maximum atomic E-state index is 5.58. The Morgan fingerprint density at radius 1 is 0.706 bits per heavy atom. The van der Waals surface area contributed by atoms with Crippen molar-refractivity contribution in [3.8, 4) is 0 Å². The molecule has 0 aliphatic heterocycles. The fourth-order valence-corrected chi connectivity index (χ4v) is 6.50. The van der Waals surface area contributed by atoms with E-state index in [0.717, 1.165) is 19.5 Å². The molecule has 178 valence electrons. The van der Waals surface area contributed by atoms with Gasteiger partial charge in [-0.25, -0.2) is 0 Å². The van der Waals surface area contributed by atoms with Gasteiger partial charge >= 0.3 is 17.1 Å². The number of rotatable bonds is 11. The molecule has 2 saturated carbocycles. The van der Waals surface area contributed by atoms with Gasteiger partial charge in [-0.2, -0.15) is 0 Å². The third kappa shape index (κ3) is 9.75. The molecule has 0 heterocycles. The van der Waals surface area contributed by atoms with E-state index in [1.165, 1.54) is 41.4 Å². The summed E-state index contributed by atoms with van der Waals surface area (Å²) in [5.41, 5.74) is 7.05. The number of hydrogen-bond acceptors (Lipinski definition) is 2. The van der Waals surface area contributed by atoms with Gasteiger partial charge < -0.3 is 11.1 Å². The molecular weight excluding hydrogens is 475 g/mol. The van der Waals surface area contributed by atoms with Crippen molar-refractivity contribution in [1.29, 1.82) is 0 Å². The number of nitrogens with two attached hydrogens (primary N) is 1. The van der Waals surface area contributed by atoms with Crippen LogP contribution in [0.4, 0.5) is 0 Å². The Hall–Kier alpha value is -0.691. The number of hydrogen-bond donors (Lipinski definition) is 2. The smallest absolute Gasteiger partial charge is 0.330 e. The molecule has 2 aromatic carbocycles. The molecule has 2 aromatic rings. The number of unbranched alkanes of at least 4 members (excludes halogenated alkanes) is 3. The topological polar surface area (TPSA) is 38.0 Å². The minimum Gasteiger partial charge on any atom is -0.330 e. The number of nitrogens with one attached hydrogen (secondary N) is 1. The van der Waals surface area contributed by atoms with E-state index in [0.29, 0.717) is 6.04 Å². The Kier molecular flexibility index (Phi) is 15.4. The predicted octanol–water partition coefficient (Wildman–Crippen LogP) is 5.37. The summed E-state index contributed by atoms with van der Waals surface area (Å²) in [4.78, 5) is 0. The van der Waals surface area contributed by atoms with Crippen molar-refractivity contribution < 1.29 is 17.1 Å². The van der Waals surface area contributed by atoms with Crippen LogP contribution in [0.25, 0.3) is 0 Å². The number of benzene rings is 2. The Morgan fingerprint density at radius 3 is 1.76 bits per heavy atom. The summed E-state index contributed by atoms with van der Waals surface area (Å²) in [6, 6.07) is 22.2. The molecule has 10 radical (unpaired) electrons. The van der Waals surface area contributed by atoms with Gasteiger partial charge in [0.2, 0.25) is 0 Å². The molecule has 0 aromatic heterocycles. The monoisotopic (exact) mass is 512 g/mol. The van der Waals surface area contributed by atoms with Crippen LogP contribution in [0.15, 0.2) is 60.7 Å². The van der Waals surface area contributed by atoms with Crippen LogP contribution in [0.2, 0.25) is 0 Å². The minimum absolute atomic E-state index is 0. The van der Waals surface area contributed by atoms with Gasteiger partial charge in [0, 0.05) is 17.6 Å². The van der Waals surface area contributed by atoms with Crippen molar-refractivity contribution in [1.82, 2.24) is 5.32 Å². The second-order valence-corrected chi connectivity index (χ2v) is 10.4. The fourth-order valence-electron chi connectivity index (χ4n) is 3.95. The first-order valence-corrected chi connectivity index (χ1v) is 13.4. The Bertz CT molecular complexity index is 691. The normalized spacial score (nSPS) is 17.3. The fraction of sp³-hybridized carbons (Fsp3) is 0.267. The molecule has 1 atom stereocenters. The maximum Gasteiger partial charge on any atom is 2.00 e. The van der Waals surface area contributed by atoms with Crippen LogP contribution in [0, 0.1) is 62.9 Å². The van der Waals surface area contributed by atoms with Crippen LogP contribution < -0.4 is 21.7 Å². The summed E-state index contributed by atoms with van der Waals surface area (Å²) >= 11 is 0. The molecule has 4 heteroatoms. The van der Waals surface area contributed by atoms with Crippen LogP contribution in [-0.4, -0.2) is 19.1 Å². The molecule has 3 N–H and O–H groups in total. The molecule has 34 heavy (non-hydrogen) atoms. The second-order valence-electron chi connectivity index (χ2n) is 8.21. The van der Waals surface area contributed by atoms with E-state index >= 15 is 0 Å². The third-order valence-electron chi connectivity index (χ3n) is 5.70. The summed E-state index contributed by atoms with van der Waals surface area (Å²) in [5.74, 6) is 1.43. The molecule has 0 saturated heterocycles. The summed E-state index contributed by atoms with van der Waals surface area (Å²) in [6.45, 7) is 4.16. The minimum atomic E-state index is -0.543. The van der Waals surface area contributed by atoms with Gasteiger partial charge in [0.25, 0.3) is 0 Å². The summed E-state index contributed by atoms with van der Waals surface area (Å²) < 4.78 is 0. The zero-order chi connectivity index (χ0) is 23.1. The van der Waals surface area contributed by atoms with E-state index in [1.807, 2.05) is 32.1 Å². The van der Waals surface area contributed by atoms with Crippen LogP contribution >= 0.6 is 7.92 Å². The van der Waals surface area contributed by atoms with Gasteiger partial charge in [-0.05, 0) is 103 Å². The zero-order valence-electron chi connectivity index (χ0n) is 20.1. The van der Waals surface area contributed by atoms with E-state index in [4.69, 9.17) is 5.73 Å². The van der Waals surface area contributed by atoms with Crippen LogP contribution in [-0.2, 0) is 17.1 Å². The van der Waals surface area contributed by atoms with Gasteiger partial charge in [0.05, 0.1) is 0 Å². The maximum absolute atomic E-state index is 5.58. The van der Waals surface area contributed by atoms with E-state index in [1.54, 1.807) is 0 Å². The molecule has 2 nitrogen and oxygen atoms in total. The largest absolute Gasteiger partial charge is 2.00 e. The van der Waals surface area contributed by atoms with Crippen molar-refractivity contribution in [2.75, 3.05) is 13.1 Å². The van der Waals surface area contributed by atoms with Crippen molar-refractivity contribution in [2.24, 2.45) is 5.73 Å². The Balaban J connectivity index is 0.000000603. The molecule has 2 aliphatic rings. The van der Waals surface area contributed by atoms with Gasteiger partial charge in [-0.1, -0.05) is 73.5 Å². The molecule has 0 unspecified atom stereocenters. The van der Waals surface area contributed by atoms with E-state index < -0.39 is 7.92 Å². The van der Waals surface area contributed by atoms with E-state index in [9.17, 15) is 0 Å². The molecule has 0 amide bonds. The molecule has 0 spiro atoms. The van der Waals surface area contributed by atoms with Crippen molar-refractivity contribution in [2.45, 2.75) is 38.6 Å². The molecule has 4 rings (SSSR count). The Labute approximate surface area is 221 Å². The first-order chi connectivity index (χ1) is 16.3. The van der Waals surface area contributed by atoms with Gasteiger partial charge in [0.1, 0.15) is 0 Å². The summed E-state index contributed by atoms with van der Waals surface area (Å²) in [6.07, 6.45) is 21.7. The predicted molar refractivity (Wildman–Crippen MR) is 145 cm³/mol. The summed E-state index contributed by atoms with van der Waals surface area (Å²) in [5, 5.41) is 6.55. The zero-order valence-corrected chi connectivity index (χ0v) is 22.1. The average molecular weight is 512 g/mol. The SMILES string of the molecule is C[C@H](NCCCCCCN)[C]1[CH][CH][CH][C]1P(c1ccccc1)c1ccccc1.[CH]1[CH][CH][CH][CH]1.[Fe+2]. The average Bonchev–Trinajstić information content (AvgIpc) is 3.59. The van der Waals surface area contributed by atoms with Crippen LogP contribution in [0.5, 0.6) is 0 Å². The van der Waals surface area contributed by atoms with Crippen LogP contribution in [0.3, 0.4) is 0 Å². The third-order valence-corrected chi connectivity index (χ3v) is 8.22. The molecule has 0 bridgehead atoms. The van der Waals surface area contributed by atoms with Gasteiger partial charge in [0.15, 0.2) is 0 Å². The van der Waals surface area contributed by atoms with Gasteiger partial charge in [-0.15, -0.1) is 0 Å².